The molecule has 0 saturated carbocycles. The molecular formula is C22H42N6O4Si2. The number of nitrogen functional groups attached to an aromatic ring is 1. The summed E-state index contributed by atoms with van der Waals surface area (Å²) in [6.45, 7) is 21.9. The van der Waals surface area contributed by atoms with Crippen LogP contribution in [-0.2, 0) is 13.6 Å². The predicted molar refractivity (Wildman–Crippen MR) is 140 cm³/mol. The number of nitrogens with zero attached hydrogens (tertiary/aromatic N) is 5. The van der Waals surface area contributed by atoms with Crippen LogP contribution in [0.5, 0.6) is 0 Å². The van der Waals surface area contributed by atoms with E-state index < -0.39 is 40.3 Å². The van der Waals surface area contributed by atoms with E-state index in [0.29, 0.717) is 6.42 Å². The third-order valence-corrected chi connectivity index (χ3v) is 16.6. The molecule has 34 heavy (non-hydrogen) atoms. The van der Waals surface area contributed by atoms with Crippen molar-refractivity contribution in [3.8, 4) is 0 Å². The first-order valence-electron chi connectivity index (χ1n) is 11.7. The van der Waals surface area contributed by atoms with Gasteiger partial charge in [-0.3, -0.25) is 4.57 Å². The van der Waals surface area contributed by atoms with E-state index in [1.165, 1.54) is 4.57 Å². The third-order valence-electron chi connectivity index (χ3n) is 7.66. The first-order valence-corrected chi connectivity index (χ1v) is 17.5. The van der Waals surface area contributed by atoms with Gasteiger partial charge in [-0.25, -0.2) is 4.79 Å². The Balaban J connectivity index is 2.54. The average molecular weight is 511 g/mol. The molecule has 0 bridgehead atoms. The van der Waals surface area contributed by atoms with Gasteiger partial charge in [0.2, 0.25) is 0 Å². The second-order valence-electron chi connectivity index (χ2n) is 12.2. The molecule has 3 atom stereocenters. The van der Waals surface area contributed by atoms with Gasteiger partial charge in [0.1, 0.15) is 17.6 Å². The van der Waals surface area contributed by atoms with Crippen LogP contribution in [-0.4, -0.2) is 51.0 Å². The maximum Gasteiger partial charge on any atom is 0.351 e. The van der Waals surface area contributed by atoms with E-state index in [4.69, 9.17) is 24.9 Å². The highest BCUT2D eigenvalue weighted by Crippen LogP contribution is 2.46. The number of rotatable bonds is 8. The zero-order valence-electron chi connectivity index (χ0n) is 22.4. The lowest BCUT2D eigenvalue weighted by atomic mass is 9.98. The van der Waals surface area contributed by atoms with E-state index in [1.54, 1.807) is 12.3 Å². The first kappa shape index (κ1) is 28.5. The summed E-state index contributed by atoms with van der Waals surface area (Å²) in [6, 6.07) is 1.56. The minimum Gasteiger partial charge on any atom is -0.414 e. The standard InChI is InChI=1S/C22H42N6O4Si2/c1-20(2,3)33(7,8)30-15-22(14-25-27-24)16(32-34(9,10)21(4,5)6)13-18(31-22)28-12-11-17(23)26-19(28)29/h11-12,16,18H,13-15H2,1-10H3,(H2,23,26,29)/t16?,18-,22?/m1/s1. The van der Waals surface area contributed by atoms with Crippen LogP contribution < -0.4 is 11.4 Å². The Bertz CT molecular complexity index is 979. The molecule has 10 nitrogen and oxygen atoms in total. The van der Waals surface area contributed by atoms with Crippen LogP contribution in [0, 0.1) is 0 Å². The molecule has 1 aliphatic rings. The van der Waals surface area contributed by atoms with Gasteiger partial charge in [0.15, 0.2) is 16.6 Å². The van der Waals surface area contributed by atoms with Crippen molar-refractivity contribution in [1.29, 1.82) is 0 Å². The number of hydrogen-bond acceptors (Lipinski definition) is 7. The molecule has 2 N–H and O–H groups in total. The average Bonchev–Trinajstić information content (AvgIpc) is 3.00. The van der Waals surface area contributed by atoms with Gasteiger partial charge in [0, 0.05) is 17.5 Å². The highest BCUT2D eigenvalue weighted by Gasteiger charge is 2.54. The number of azide groups is 1. The Kier molecular flexibility index (Phi) is 8.18. The molecule has 12 heteroatoms. The Morgan fingerprint density at radius 1 is 1.24 bits per heavy atom. The fraction of sp³-hybridized carbons (Fsp3) is 0.818. The van der Waals surface area contributed by atoms with Gasteiger partial charge in [-0.2, -0.15) is 4.98 Å². The zero-order chi connectivity index (χ0) is 26.2. The highest BCUT2D eigenvalue weighted by atomic mass is 28.4. The molecular weight excluding hydrogens is 468 g/mol. The molecule has 0 spiro atoms. The number of nitrogens with two attached hydrogens (primary N) is 1. The summed E-state index contributed by atoms with van der Waals surface area (Å²) >= 11 is 0. The zero-order valence-corrected chi connectivity index (χ0v) is 24.4. The quantitative estimate of drug-likeness (QED) is 0.221. The molecule has 0 amide bonds. The van der Waals surface area contributed by atoms with Crippen LogP contribution in [0.25, 0.3) is 10.4 Å². The van der Waals surface area contributed by atoms with Gasteiger partial charge < -0.3 is 19.3 Å². The summed E-state index contributed by atoms with van der Waals surface area (Å²) in [4.78, 5) is 19.5. The molecule has 1 fully saturated rings. The lowest BCUT2D eigenvalue weighted by molar-refractivity contribution is -0.116. The Morgan fingerprint density at radius 3 is 2.32 bits per heavy atom. The van der Waals surface area contributed by atoms with Crippen molar-refractivity contribution in [2.75, 3.05) is 18.9 Å². The summed E-state index contributed by atoms with van der Waals surface area (Å²) in [5.74, 6) is 0.148. The summed E-state index contributed by atoms with van der Waals surface area (Å²) < 4.78 is 21.4. The Morgan fingerprint density at radius 2 is 1.82 bits per heavy atom. The van der Waals surface area contributed by atoms with Crippen molar-refractivity contribution < 1.29 is 13.6 Å². The van der Waals surface area contributed by atoms with Crippen molar-refractivity contribution in [2.45, 2.75) is 102 Å². The lowest BCUT2D eigenvalue weighted by Crippen LogP contribution is -2.56. The monoisotopic (exact) mass is 510 g/mol. The maximum atomic E-state index is 12.6. The number of ether oxygens (including phenoxy) is 1. The third kappa shape index (κ3) is 6.10. The molecule has 1 aromatic rings. The molecule has 2 heterocycles. The van der Waals surface area contributed by atoms with Gasteiger partial charge in [-0.15, -0.1) is 0 Å². The molecule has 1 aliphatic heterocycles. The van der Waals surface area contributed by atoms with Gasteiger partial charge in [-0.05, 0) is 47.9 Å². The van der Waals surface area contributed by atoms with E-state index in [9.17, 15) is 4.79 Å². The van der Waals surface area contributed by atoms with Crippen LogP contribution in [0.2, 0.25) is 36.3 Å². The second kappa shape index (κ2) is 9.75. The molecule has 0 aromatic carbocycles. The van der Waals surface area contributed by atoms with E-state index in [2.05, 4.69) is 82.7 Å². The largest absolute Gasteiger partial charge is 0.414 e. The van der Waals surface area contributed by atoms with Gasteiger partial charge in [-0.1, -0.05) is 46.7 Å². The lowest BCUT2D eigenvalue weighted by Gasteiger charge is -2.44. The molecule has 1 aromatic heterocycles. The van der Waals surface area contributed by atoms with Gasteiger partial charge in [0.25, 0.3) is 0 Å². The summed E-state index contributed by atoms with van der Waals surface area (Å²) in [5, 5.41) is 3.84. The molecule has 0 aliphatic carbocycles. The smallest absolute Gasteiger partial charge is 0.351 e. The minimum atomic E-state index is -2.24. The van der Waals surface area contributed by atoms with Crippen LogP contribution in [0.4, 0.5) is 5.82 Å². The van der Waals surface area contributed by atoms with Crippen molar-refractivity contribution >= 4 is 22.5 Å². The van der Waals surface area contributed by atoms with Crippen LogP contribution in [0.3, 0.4) is 0 Å². The summed E-state index contributed by atoms with van der Waals surface area (Å²) in [7, 11) is -4.40. The van der Waals surface area contributed by atoms with Crippen LogP contribution in [0.1, 0.15) is 54.2 Å². The molecule has 192 valence electrons. The Hall–Kier alpha value is -1.70. The Labute approximate surface area is 205 Å². The van der Waals surface area contributed by atoms with E-state index in [1.807, 2.05) is 0 Å². The van der Waals surface area contributed by atoms with E-state index >= 15 is 0 Å². The summed E-state index contributed by atoms with van der Waals surface area (Å²) in [6.07, 6.45) is 0.905. The first-order chi connectivity index (χ1) is 15.4. The SMILES string of the molecule is CC(C)(C)[Si](C)(C)OCC1(CN=[N+]=[N-])O[C@@H](n2ccc(N)nc2=O)CC1O[Si](C)(C)C(C)(C)C. The van der Waals surface area contributed by atoms with Crippen molar-refractivity contribution in [3.63, 3.8) is 0 Å². The van der Waals surface area contributed by atoms with Crippen LogP contribution in [0.15, 0.2) is 22.2 Å². The minimum absolute atomic E-state index is 0.0156. The molecule has 1 saturated heterocycles. The number of aromatic nitrogens is 2. The summed E-state index contributed by atoms with van der Waals surface area (Å²) in [5.41, 5.74) is 13.3. The van der Waals surface area contributed by atoms with Gasteiger partial charge >= 0.3 is 5.69 Å². The molecule has 2 rings (SSSR count). The number of hydrogen-bond donors (Lipinski definition) is 1. The highest BCUT2D eigenvalue weighted by molar-refractivity contribution is 6.74. The van der Waals surface area contributed by atoms with E-state index in [0.717, 1.165) is 0 Å². The maximum absolute atomic E-state index is 12.6. The van der Waals surface area contributed by atoms with Crippen molar-refractivity contribution in [2.24, 2.45) is 5.11 Å². The van der Waals surface area contributed by atoms with E-state index in [-0.39, 0.29) is 29.0 Å². The normalized spacial score (nSPS) is 24.2. The van der Waals surface area contributed by atoms with Gasteiger partial charge in [0.05, 0.1) is 19.3 Å². The predicted octanol–water partition coefficient (Wildman–Crippen LogP) is 5.21. The fourth-order valence-corrected chi connectivity index (χ4v) is 5.69. The van der Waals surface area contributed by atoms with Crippen molar-refractivity contribution in [1.82, 2.24) is 9.55 Å². The fourth-order valence-electron chi connectivity index (χ4n) is 3.28. The second-order valence-corrected chi connectivity index (χ2v) is 21.8. The molecule has 0 radical (unpaired) electrons. The van der Waals surface area contributed by atoms with Crippen molar-refractivity contribution in [3.05, 3.63) is 33.2 Å². The molecule has 2 unspecified atom stereocenters. The number of anilines is 1. The van der Waals surface area contributed by atoms with Crippen LogP contribution >= 0.6 is 0 Å². The topological polar surface area (TPSA) is 137 Å².